The predicted octanol–water partition coefficient (Wildman–Crippen LogP) is 1.03. The molecule has 2 aliphatic heterocycles. The van der Waals surface area contributed by atoms with Crippen molar-refractivity contribution in [3.8, 4) is 0 Å². The molecule has 0 radical (unpaired) electrons. The molecule has 2 saturated heterocycles. The third-order valence-electron chi connectivity index (χ3n) is 3.72. The molecule has 0 aromatic heterocycles. The van der Waals surface area contributed by atoms with Crippen LogP contribution in [0.15, 0.2) is 11.1 Å². The maximum absolute atomic E-state index is 12.5. The SMILES string of the molecule is CC(=CCl)CN1CCCC1C(=O)N1CCNCC1. The Bertz CT molecular complexity index is 326. The molecule has 4 nitrogen and oxygen atoms in total. The van der Waals surface area contributed by atoms with Crippen molar-refractivity contribution >= 4 is 17.5 Å². The lowest BCUT2D eigenvalue weighted by molar-refractivity contribution is -0.136. The maximum atomic E-state index is 12.5. The van der Waals surface area contributed by atoms with E-state index < -0.39 is 0 Å². The molecule has 18 heavy (non-hydrogen) atoms. The topological polar surface area (TPSA) is 35.6 Å². The highest BCUT2D eigenvalue weighted by molar-refractivity contribution is 6.25. The van der Waals surface area contributed by atoms with Gasteiger partial charge in [0.15, 0.2) is 0 Å². The van der Waals surface area contributed by atoms with Crippen LogP contribution >= 0.6 is 11.6 Å². The van der Waals surface area contributed by atoms with Gasteiger partial charge in [-0.3, -0.25) is 9.69 Å². The minimum absolute atomic E-state index is 0.0645. The van der Waals surface area contributed by atoms with E-state index in [4.69, 9.17) is 11.6 Å². The normalized spacial score (nSPS) is 26.7. The van der Waals surface area contributed by atoms with Crippen LogP contribution in [0.25, 0.3) is 0 Å². The molecule has 2 aliphatic rings. The molecular formula is C13H22ClN3O. The number of halogens is 1. The van der Waals surface area contributed by atoms with E-state index in [-0.39, 0.29) is 6.04 Å². The molecule has 102 valence electrons. The molecule has 5 heteroatoms. The van der Waals surface area contributed by atoms with Gasteiger partial charge >= 0.3 is 0 Å². The predicted molar refractivity (Wildman–Crippen MR) is 73.7 cm³/mol. The van der Waals surface area contributed by atoms with Crippen molar-refractivity contribution in [1.29, 1.82) is 0 Å². The van der Waals surface area contributed by atoms with E-state index in [1.807, 2.05) is 11.8 Å². The highest BCUT2D eigenvalue weighted by atomic mass is 35.5. The Morgan fingerprint density at radius 3 is 2.78 bits per heavy atom. The van der Waals surface area contributed by atoms with E-state index in [0.29, 0.717) is 5.91 Å². The first kappa shape index (κ1) is 13.8. The van der Waals surface area contributed by atoms with Crippen LogP contribution < -0.4 is 5.32 Å². The number of nitrogens with one attached hydrogen (secondary N) is 1. The third-order valence-corrected chi connectivity index (χ3v) is 4.09. The van der Waals surface area contributed by atoms with Gasteiger partial charge in [-0.25, -0.2) is 0 Å². The van der Waals surface area contributed by atoms with E-state index in [1.54, 1.807) is 5.54 Å². The van der Waals surface area contributed by atoms with Crippen molar-refractivity contribution in [2.75, 3.05) is 39.3 Å². The zero-order valence-corrected chi connectivity index (χ0v) is 11.7. The number of carbonyl (C=O) groups excluding carboxylic acids is 1. The lowest BCUT2D eigenvalue weighted by Gasteiger charge is -2.33. The van der Waals surface area contributed by atoms with Gasteiger partial charge in [0.1, 0.15) is 0 Å². The lowest BCUT2D eigenvalue weighted by Crippen LogP contribution is -2.52. The summed E-state index contributed by atoms with van der Waals surface area (Å²) in [4.78, 5) is 16.7. The van der Waals surface area contributed by atoms with Gasteiger partial charge in [0.25, 0.3) is 0 Å². The van der Waals surface area contributed by atoms with Gasteiger partial charge in [-0.15, -0.1) is 0 Å². The number of hydrogen-bond acceptors (Lipinski definition) is 3. The number of nitrogens with zero attached hydrogens (tertiary/aromatic N) is 2. The average Bonchev–Trinajstić information content (AvgIpc) is 2.86. The van der Waals surface area contributed by atoms with Gasteiger partial charge in [0.05, 0.1) is 6.04 Å². The maximum Gasteiger partial charge on any atom is 0.240 e. The van der Waals surface area contributed by atoms with Crippen LogP contribution in [0.5, 0.6) is 0 Å². The van der Waals surface area contributed by atoms with Crippen LogP contribution in [0.4, 0.5) is 0 Å². The molecule has 2 rings (SSSR count). The summed E-state index contributed by atoms with van der Waals surface area (Å²) >= 11 is 5.71. The summed E-state index contributed by atoms with van der Waals surface area (Å²) in [6.45, 7) is 7.34. The molecule has 2 heterocycles. The minimum Gasteiger partial charge on any atom is -0.339 e. The second-order valence-corrected chi connectivity index (χ2v) is 5.38. The Morgan fingerprint density at radius 1 is 1.39 bits per heavy atom. The van der Waals surface area contributed by atoms with E-state index >= 15 is 0 Å². The second kappa shape index (κ2) is 6.55. The Balaban J connectivity index is 1.95. The summed E-state index contributed by atoms with van der Waals surface area (Å²) in [5, 5.41) is 3.28. The number of rotatable bonds is 3. The van der Waals surface area contributed by atoms with Crippen LogP contribution in [0.1, 0.15) is 19.8 Å². The van der Waals surface area contributed by atoms with Gasteiger partial charge < -0.3 is 10.2 Å². The van der Waals surface area contributed by atoms with Crippen molar-refractivity contribution in [2.24, 2.45) is 0 Å². The van der Waals surface area contributed by atoms with Gasteiger partial charge in [-0.05, 0) is 31.9 Å². The van der Waals surface area contributed by atoms with Gasteiger partial charge in [0.2, 0.25) is 5.91 Å². The summed E-state index contributed by atoms with van der Waals surface area (Å²) < 4.78 is 0. The fourth-order valence-corrected chi connectivity index (χ4v) is 2.81. The van der Waals surface area contributed by atoms with Crippen molar-refractivity contribution in [3.63, 3.8) is 0 Å². The van der Waals surface area contributed by atoms with E-state index in [0.717, 1.165) is 57.7 Å². The summed E-state index contributed by atoms with van der Waals surface area (Å²) in [6, 6.07) is 0.0645. The number of likely N-dealkylation sites (tertiary alicyclic amines) is 1. The highest BCUT2D eigenvalue weighted by Crippen LogP contribution is 2.21. The highest BCUT2D eigenvalue weighted by Gasteiger charge is 2.33. The number of hydrogen-bond donors (Lipinski definition) is 1. The van der Waals surface area contributed by atoms with Crippen LogP contribution in [0, 0.1) is 0 Å². The first-order chi connectivity index (χ1) is 8.72. The first-order valence-corrected chi connectivity index (χ1v) is 7.15. The van der Waals surface area contributed by atoms with E-state index in [1.165, 1.54) is 0 Å². The number of piperazine rings is 1. The van der Waals surface area contributed by atoms with Crippen molar-refractivity contribution < 1.29 is 4.79 Å². The molecule has 0 aromatic carbocycles. The molecule has 1 amide bonds. The Kier molecular flexibility index (Phi) is 5.03. The molecule has 2 fully saturated rings. The summed E-state index contributed by atoms with van der Waals surface area (Å²) in [7, 11) is 0. The van der Waals surface area contributed by atoms with Crippen molar-refractivity contribution in [1.82, 2.24) is 15.1 Å². The van der Waals surface area contributed by atoms with Crippen LogP contribution in [-0.4, -0.2) is 61.0 Å². The zero-order valence-electron chi connectivity index (χ0n) is 11.0. The molecule has 0 aromatic rings. The summed E-state index contributed by atoms with van der Waals surface area (Å²) in [6.07, 6.45) is 2.09. The molecule has 0 spiro atoms. The van der Waals surface area contributed by atoms with E-state index in [9.17, 15) is 4.79 Å². The monoisotopic (exact) mass is 271 g/mol. The largest absolute Gasteiger partial charge is 0.339 e. The Morgan fingerprint density at radius 2 is 2.11 bits per heavy atom. The first-order valence-electron chi connectivity index (χ1n) is 6.72. The standard InChI is InChI=1S/C13H22ClN3O/c1-11(9-14)10-17-6-2-3-12(17)13(18)16-7-4-15-5-8-16/h9,12,15H,2-8,10H2,1H3. The second-order valence-electron chi connectivity index (χ2n) is 5.16. The molecule has 1 unspecified atom stereocenters. The Labute approximate surface area is 114 Å². The smallest absolute Gasteiger partial charge is 0.240 e. The molecule has 1 atom stereocenters. The fourth-order valence-electron chi connectivity index (χ4n) is 2.75. The number of amides is 1. The summed E-state index contributed by atoms with van der Waals surface area (Å²) in [5.74, 6) is 0.302. The third kappa shape index (κ3) is 3.25. The minimum atomic E-state index is 0.0645. The van der Waals surface area contributed by atoms with Gasteiger partial charge in [-0.2, -0.15) is 0 Å². The van der Waals surface area contributed by atoms with Crippen LogP contribution in [0.3, 0.4) is 0 Å². The number of carbonyl (C=O) groups is 1. The van der Waals surface area contributed by atoms with Crippen molar-refractivity contribution in [3.05, 3.63) is 11.1 Å². The molecule has 0 aliphatic carbocycles. The van der Waals surface area contributed by atoms with E-state index in [2.05, 4.69) is 10.2 Å². The molecular weight excluding hydrogens is 250 g/mol. The fraction of sp³-hybridized carbons (Fsp3) is 0.769. The zero-order chi connectivity index (χ0) is 13.0. The van der Waals surface area contributed by atoms with Crippen molar-refractivity contribution in [2.45, 2.75) is 25.8 Å². The van der Waals surface area contributed by atoms with Gasteiger partial charge in [0, 0.05) is 38.3 Å². The van der Waals surface area contributed by atoms with Gasteiger partial charge in [-0.1, -0.05) is 11.6 Å². The molecule has 1 N–H and O–H groups in total. The lowest BCUT2D eigenvalue weighted by atomic mass is 10.1. The van der Waals surface area contributed by atoms with Crippen LogP contribution in [-0.2, 0) is 4.79 Å². The summed E-state index contributed by atoms with van der Waals surface area (Å²) in [5.41, 5.74) is 2.74. The molecule has 0 bridgehead atoms. The Hall–Kier alpha value is -0.580. The van der Waals surface area contributed by atoms with Crippen LogP contribution in [0.2, 0.25) is 0 Å². The quantitative estimate of drug-likeness (QED) is 0.833. The molecule has 0 saturated carbocycles. The average molecular weight is 272 g/mol.